The van der Waals surface area contributed by atoms with Gasteiger partial charge in [0.25, 0.3) is 5.91 Å². The Hall–Kier alpha value is -2.35. The molecule has 1 aromatic heterocycles. The third-order valence-electron chi connectivity index (χ3n) is 4.52. The number of hydrogen-bond acceptors (Lipinski definition) is 5. The van der Waals surface area contributed by atoms with Crippen LogP contribution in [0.2, 0.25) is 0 Å². The fourth-order valence-electron chi connectivity index (χ4n) is 2.95. The van der Waals surface area contributed by atoms with Gasteiger partial charge < -0.3 is 14.8 Å². The second-order valence-electron chi connectivity index (χ2n) is 6.53. The van der Waals surface area contributed by atoms with Gasteiger partial charge in [-0.15, -0.1) is 10.2 Å². The van der Waals surface area contributed by atoms with Crippen molar-refractivity contribution in [2.75, 3.05) is 24.2 Å². The lowest BCUT2D eigenvalue weighted by atomic mass is 10.1. The fourth-order valence-corrected chi connectivity index (χ4v) is 3.80. The molecule has 1 N–H and O–H groups in total. The van der Waals surface area contributed by atoms with Crippen LogP contribution < -0.4 is 5.32 Å². The second-order valence-corrected chi connectivity index (χ2v) is 7.47. The summed E-state index contributed by atoms with van der Waals surface area (Å²) in [5, 5.41) is 12.0. The van der Waals surface area contributed by atoms with Crippen LogP contribution >= 0.6 is 11.8 Å². The zero-order valence-corrected chi connectivity index (χ0v) is 16.8. The molecule has 0 spiro atoms. The van der Waals surface area contributed by atoms with E-state index in [4.69, 9.17) is 0 Å². The van der Waals surface area contributed by atoms with Gasteiger partial charge >= 0.3 is 0 Å². The molecule has 0 saturated heterocycles. The van der Waals surface area contributed by atoms with Crippen molar-refractivity contribution < 1.29 is 9.59 Å². The number of thioether (sulfide) groups is 1. The van der Waals surface area contributed by atoms with Gasteiger partial charge in [-0.3, -0.25) is 9.59 Å². The Morgan fingerprint density at radius 2 is 2.00 bits per heavy atom. The van der Waals surface area contributed by atoms with Gasteiger partial charge in [-0.05, 0) is 51.8 Å². The monoisotopic (exact) mass is 387 g/mol. The van der Waals surface area contributed by atoms with Crippen molar-refractivity contribution in [2.45, 2.75) is 44.8 Å². The number of carbonyl (C=O) groups is 2. The number of carbonyl (C=O) groups excluding carboxylic acids is 2. The maximum absolute atomic E-state index is 12.5. The molecule has 2 amide bonds. The SMILES string of the molecule is CCN(CC)C(=O)c1cccc(NC(=O)CSc2nnc(C)n2C2CC2)c1. The molecule has 0 unspecified atom stereocenters. The summed E-state index contributed by atoms with van der Waals surface area (Å²) in [6.45, 7) is 7.15. The molecule has 0 bridgehead atoms. The lowest BCUT2D eigenvalue weighted by Crippen LogP contribution is -2.30. The van der Waals surface area contributed by atoms with Gasteiger partial charge in [0.05, 0.1) is 5.75 Å². The van der Waals surface area contributed by atoms with Crippen molar-refractivity contribution in [3.8, 4) is 0 Å². The highest BCUT2D eigenvalue weighted by molar-refractivity contribution is 7.99. The first-order valence-corrected chi connectivity index (χ1v) is 10.3. The summed E-state index contributed by atoms with van der Waals surface area (Å²) >= 11 is 1.39. The molecule has 2 aromatic rings. The molecule has 1 aliphatic rings. The van der Waals surface area contributed by atoms with Crippen LogP contribution in [-0.2, 0) is 4.79 Å². The molecule has 1 fully saturated rings. The normalized spacial score (nSPS) is 13.4. The summed E-state index contributed by atoms with van der Waals surface area (Å²) in [6, 6.07) is 7.55. The lowest BCUT2D eigenvalue weighted by Gasteiger charge is -2.19. The average molecular weight is 388 g/mol. The molecule has 27 heavy (non-hydrogen) atoms. The minimum atomic E-state index is -0.129. The number of nitrogens with one attached hydrogen (secondary N) is 1. The van der Waals surface area contributed by atoms with Crippen molar-refractivity contribution in [3.63, 3.8) is 0 Å². The van der Waals surface area contributed by atoms with E-state index < -0.39 is 0 Å². The molecule has 1 saturated carbocycles. The van der Waals surface area contributed by atoms with Gasteiger partial charge in [-0.25, -0.2) is 0 Å². The number of anilines is 1. The molecule has 0 atom stereocenters. The number of benzene rings is 1. The van der Waals surface area contributed by atoms with Crippen LogP contribution in [0.4, 0.5) is 5.69 Å². The second kappa shape index (κ2) is 8.56. The molecule has 7 nitrogen and oxygen atoms in total. The van der Waals surface area contributed by atoms with Gasteiger partial charge in [-0.1, -0.05) is 17.8 Å². The quantitative estimate of drug-likeness (QED) is 0.704. The highest BCUT2D eigenvalue weighted by Crippen LogP contribution is 2.38. The highest BCUT2D eigenvalue weighted by atomic mass is 32.2. The third kappa shape index (κ3) is 4.68. The van der Waals surface area contributed by atoms with Crippen LogP contribution in [0.5, 0.6) is 0 Å². The zero-order valence-electron chi connectivity index (χ0n) is 15.9. The summed E-state index contributed by atoms with van der Waals surface area (Å²) in [6.07, 6.45) is 2.29. The van der Waals surface area contributed by atoms with Gasteiger partial charge in [-0.2, -0.15) is 0 Å². The maximum atomic E-state index is 12.5. The van der Waals surface area contributed by atoms with Crippen molar-refractivity contribution in [1.29, 1.82) is 0 Å². The number of nitrogens with zero attached hydrogens (tertiary/aromatic N) is 4. The Kier molecular flexibility index (Phi) is 6.15. The van der Waals surface area contributed by atoms with Crippen LogP contribution in [-0.4, -0.2) is 50.3 Å². The van der Waals surface area contributed by atoms with Crippen molar-refractivity contribution in [1.82, 2.24) is 19.7 Å². The standard InChI is InChI=1S/C19H25N5O2S/c1-4-23(5-2)18(26)14-7-6-8-15(11-14)20-17(25)12-27-19-22-21-13(3)24(19)16-9-10-16/h6-8,11,16H,4-5,9-10,12H2,1-3H3,(H,20,25). The predicted molar refractivity (Wildman–Crippen MR) is 106 cm³/mol. The third-order valence-corrected chi connectivity index (χ3v) is 5.47. The van der Waals surface area contributed by atoms with E-state index in [-0.39, 0.29) is 17.6 Å². The van der Waals surface area contributed by atoms with E-state index in [1.165, 1.54) is 11.8 Å². The summed E-state index contributed by atoms with van der Waals surface area (Å²) < 4.78 is 2.11. The van der Waals surface area contributed by atoms with Crippen molar-refractivity contribution >= 4 is 29.3 Å². The van der Waals surface area contributed by atoms with E-state index in [9.17, 15) is 9.59 Å². The lowest BCUT2D eigenvalue weighted by molar-refractivity contribution is -0.113. The van der Waals surface area contributed by atoms with Crippen LogP contribution in [0.3, 0.4) is 0 Å². The van der Waals surface area contributed by atoms with E-state index in [2.05, 4.69) is 20.1 Å². The Morgan fingerprint density at radius 1 is 1.26 bits per heavy atom. The molecule has 144 valence electrons. The summed E-state index contributed by atoms with van der Waals surface area (Å²) in [4.78, 5) is 26.5. The molecular weight excluding hydrogens is 362 g/mol. The first-order chi connectivity index (χ1) is 13.0. The largest absolute Gasteiger partial charge is 0.339 e. The van der Waals surface area contributed by atoms with Crippen molar-refractivity contribution in [2.24, 2.45) is 0 Å². The Labute approximate surface area is 163 Å². The summed E-state index contributed by atoms with van der Waals surface area (Å²) in [7, 11) is 0. The molecule has 1 heterocycles. The predicted octanol–water partition coefficient (Wildman–Crippen LogP) is 3.13. The zero-order chi connectivity index (χ0) is 19.4. The minimum absolute atomic E-state index is 0.0292. The van der Waals surface area contributed by atoms with Crippen LogP contribution in [0.1, 0.15) is 48.9 Å². The van der Waals surface area contributed by atoms with Crippen molar-refractivity contribution in [3.05, 3.63) is 35.7 Å². The fraction of sp³-hybridized carbons (Fsp3) is 0.474. The molecule has 1 aliphatic carbocycles. The maximum Gasteiger partial charge on any atom is 0.253 e. The topological polar surface area (TPSA) is 80.1 Å². The van der Waals surface area contributed by atoms with Crippen LogP contribution in [0, 0.1) is 6.92 Å². The smallest absolute Gasteiger partial charge is 0.253 e. The van der Waals surface area contributed by atoms with Gasteiger partial charge in [0, 0.05) is 30.4 Å². The molecule has 1 aromatic carbocycles. The van der Waals surface area contributed by atoms with Gasteiger partial charge in [0.15, 0.2) is 5.16 Å². The molecule has 0 radical (unpaired) electrons. The Morgan fingerprint density at radius 3 is 2.67 bits per heavy atom. The highest BCUT2D eigenvalue weighted by Gasteiger charge is 2.28. The molecule has 3 rings (SSSR count). The number of aryl methyl sites for hydroxylation is 1. The van der Waals surface area contributed by atoms with E-state index in [0.717, 1.165) is 23.8 Å². The number of rotatable bonds is 8. The molecule has 8 heteroatoms. The summed E-state index contributed by atoms with van der Waals surface area (Å²) in [5.74, 6) is 0.982. The van der Waals surface area contributed by atoms with Crippen LogP contribution in [0.15, 0.2) is 29.4 Å². The van der Waals surface area contributed by atoms with E-state index >= 15 is 0 Å². The number of amides is 2. The van der Waals surface area contributed by atoms with E-state index in [1.54, 1.807) is 29.2 Å². The van der Waals surface area contributed by atoms with E-state index in [1.807, 2.05) is 20.8 Å². The van der Waals surface area contributed by atoms with Gasteiger partial charge in [0.2, 0.25) is 5.91 Å². The number of aromatic nitrogens is 3. The minimum Gasteiger partial charge on any atom is -0.339 e. The van der Waals surface area contributed by atoms with Crippen LogP contribution in [0.25, 0.3) is 0 Å². The first-order valence-electron chi connectivity index (χ1n) is 9.27. The van der Waals surface area contributed by atoms with E-state index in [0.29, 0.717) is 30.4 Å². The Bertz CT molecular complexity index is 827. The Balaban J connectivity index is 1.60. The molecule has 0 aliphatic heterocycles. The first kappa shape index (κ1) is 19.4. The van der Waals surface area contributed by atoms with Gasteiger partial charge in [0.1, 0.15) is 5.82 Å². The average Bonchev–Trinajstić information content (AvgIpc) is 3.43. The number of hydrogen-bond donors (Lipinski definition) is 1. The summed E-state index contributed by atoms with van der Waals surface area (Å²) in [5.41, 5.74) is 1.20. The molecular formula is C19H25N5O2S.